The molecule has 0 saturated heterocycles. The third-order valence-corrected chi connectivity index (χ3v) is 4.19. The maximum atomic E-state index is 12.6. The summed E-state index contributed by atoms with van der Waals surface area (Å²) >= 11 is 3.35. The highest BCUT2D eigenvalue weighted by Gasteiger charge is 2.32. The van der Waals surface area contributed by atoms with Gasteiger partial charge in [0.15, 0.2) is 0 Å². The Kier molecular flexibility index (Phi) is 3.48. The van der Waals surface area contributed by atoms with Crippen LogP contribution in [0.4, 0.5) is 5.82 Å². The maximum absolute atomic E-state index is 12.6. The molecule has 5 heteroatoms. The first-order valence-electron chi connectivity index (χ1n) is 6.84. The Morgan fingerprint density at radius 3 is 2.42 bits per heavy atom. The number of nitrogens with zero attached hydrogens (tertiary/aromatic N) is 2. The highest BCUT2D eigenvalue weighted by atomic mass is 79.9. The second-order valence-corrected chi connectivity index (χ2v) is 6.60. The summed E-state index contributed by atoms with van der Waals surface area (Å²) in [5.74, 6) is 1.75. The van der Waals surface area contributed by atoms with Crippen molar-refractivity contribution in [3.05, 3.63) is 22.3 Å². The summed E-state index contributed by atoms with van der Waals surface area (Å²) in [6.07, 6.45) is 6.63. The number of nitrogen functional groups attached to an aromatic ring is 1. The molecule has 0 aliphatic heterocycles. The fraction of sp³-hybridized carbons (Fsp3) is 0.571. The summed E-state index contributed by atoms with van der Waals surface area (Å²) < 4.78 is 0.794. The molecule has 19 heavy (non-hydrogen) atoms. The average molecular weight is 324 g/mol. The number of pyridine rings is 1. The van der Waals surface area contributed by atoms with Crippen LogP contribution in [0, 0.1) is 11.8 Å². The van der Waals surface area contributed by atoms with Crippen molar-refractivity contribution >= 4 is 27.7 Å². The number of amides is 1. The van der Waals surface area contributed by atoms with Gasteiger partial charge in [-0.05, 0) is 59.5 Å². The number of carbonyl (C=O) groups is 1. The molecule has 1 amide bonds. The average Bonchev–Trinajstić information content (AvgIpc) is 3.25. The van der Waals surface area contributed by atoms with Gasteiger partial charge in [-0.2, -0.15) is 0 Å². The number of aromatic nitrogens is 1. The van der Waals surface area contributed by atoms with Crippen LogP contribution in [0.1, 0.15) is 36.0 Å². The molecule has 102 valence electrons. The van der Waals surface area contributed by atoms with Gasteiger partial charge in [-0.25, -0.2) is 4.98 Å². The fourth-order valence-electron chi connectivity index (χ4n) is 2.26. The predicted molar refractivity (Wildman–Crippen MR) is 77.7 cm³/mol. The quantitative estimate of drug-likeness (QED) is 0.906. The lowest BCUT2D eigenvalue weighted by Gasteiger charge is -2.23. The molecular weight excluding hydrogens is 306 g/mol. The molecule has 2 aliphatic carbocycles. The third kappa shape index (κ3) is 3.26. The number of halogens is 1. The van der Waals surface area contributed by atoms with Crippen LogP contribution >= 0.6 is 15.9 Å². The van der Waals surface area contributed by atoms with Gasteiger partial charge in [-0.15, -0.1) is 0 Å². The van der Waals surface area contributed by atoms with Gasteiger partial charge in [0.1, 0.15) is 5.82 Å². The van der Waals surface area contributed by atoms with Crippen LogP contribution in [0.15, 0.2) is 16.7 Å². The van der Waals surface area contributed by atoms with Gasteiger partial charge in [0.05, 0.1) is 5.56 Å². The third-order valence-electron chi connectivity index (χ3n) is 3.75. The molecule has 3 rings (SSSR count). The summed E-state index contributed by atoms with van der Waals surface area (Å²) in [5.41, 5.74) is 6.37. The Morgan fingerprint density at radius 2 is 1.89 bits per heavy atom. The molecule has 0 atom stereocenters. The number of carbonyl (C=O) groups excluding carboxylic acids is 1. The van der Waals surface area contributed by atoms with E-state index in [1.165, 1.54) is 25.7 Å². The van der Waals surface area contributed by atoms with E-state index in [1.54, 1.807) is 12.3 Å². The van der Waals surface area contributed by atoms with Crippen molar-refractivity contribution < 1.29 is 4.79 Å². The molecule has 2 fully saturated rings. The zero-order chi connectivity index (χ0) is 13.4. The van der Waals surface area contributed by atoms with Gasteiger partial charge >= 0.3 is 0 Å². The smallest absolute Gasteiger partial charge is 0.257 e. The normalized spacial score (nSPS) is 18.4. The molecule has 2 saturated carbocycles. The minimum atomic E-state index is 0.0325. The number of anilines is 1. The van der Waals surface area contributed by atoms with E-state index in [0.29, 0.717) is 23.2 Å². The largest absolute Gasteiger partial charge is 0.383 e. The second-order valence-electron chi connectivity index (χ2n) is 5.68. The molecule has 0 aromatic carbocycles. The van der Waals surface area contributed by atoms with E-state index in [0.717, 1.165) is 17.6 Å². The first-order chi connectivity index (χ1) is 9.13. The van der Waals surface area contributed by atoms with Gasteiger partial charge in [-0.1, -0.05) is 0 Å². The van der Waals surface area contributed by atoms with Crippen molar-refractivity contribution in [2.45, 2.75) is 25.7 Å². The lowest BCUT2D eigenvalue weighted by molar-refractivity contribution is 0.0740. The van der Waals surface area contributed by atoms with Crippen LogP contribution < -0.4 is 5.73 Å². The highest BCUT2D eigenvalue weighted by Crippen LogP contribution is 2.34. The second kappa shape index (κ2) is 5.12. The molecule has 0 radical (unpaired) electrons. The Morgan fingerprint density at radius 1 is 1.32 bits per heavy atom. The van der Waals surface area contributed by atoms with Gasteiger partial charge in [0.2, 0.25) is 0 Å². The van der Waals surface area contributed by atoms with Crippen LogP contribution in [0.25, 0.3) is 0 Å². The SMILES string of the molecule is Nc1ncc(Br)cc1C(=O)N(CC1CC1)CC1CC1. The van der Waals surface area contributed by atoms with E-state index in [2.05, 4.69) is 20.9 Å². The van der Waals surface area contributed by atoms with E-state index in [9.17, 15) is 4.79 Å². The number of hydrogen-bond acceptors (Lipinski definition) is 3. The van der Waals surface area contributed by atoms with Crippen LogP contribution in [-0.2, 0) is 0 Å². The number of hydrogen-bond donors (Lipinski definition) is 1. The first-order valence-corrected chi connectivity index (χ1v) is 7.63. The molecule has 1 heterocycles. The van der Waals surface area contributed by atoms with Crippen LogP contribution in [0.3, 0.4) is 0 Å². The lowest BCUT2D eigenvalue weighted by atomic mass is 10.2. The minimum Gasteiger partial charge on any atom is -0.383 e. The molecule has 0 unspecified atom stereocenters. The number of nitrogens with two attached hydrogens (primary N) is 1. The molecule has 0 bridgehead atoms. The fourth-order valence-corrected chi connectivity index (χ4v) is 2.59. The zero-order valence-corrected chi connectivity index (χ0v) is 12.4. The van der Waals surface area contributed by atoms with Gasteiger partial charge in [0, 0.05) is 23.8 Å². The summed E-state index contributed by atoms with van der Waals surface area (Å²) in [5, 5.41) is 0. The summed E-state index contributed by atoms with van der Waals surface area (Å²) in [4.78, 5) is 18.7. The van der Waals surface area contributed by atoms with Crippen LogP contribution in [0.2, 0.25) is 0 Å². The minimum absolute atomic E-state index is 0.0325. The summed E-state index contributed by atoms with van der Waals surface area (Å²) in [6.45, 7) is 1.75. The van der Waals surface area contributed by atoms with Crippen molar-refractivity contribution in [2.24, 2.45) is 11.8 Å². The topological polar surface area (TPSA) is 59.2 Å². The van der Waals surface area contributed by atoms with E-state index < -0.39 is 0 Å². The van der Waals surface area contributed by atoms with E-state index in [1.807, 2.05) is 4.90 Å². The molecule has 4 nitrogen and oxygen atoms in total. The highest BCUT2D eigenvalue weighted by molar-refractivity contribution is 9.10. The van der Waals surface area contributed by atoms with Gasteiger partial charge in [0.25, 0.3) is 5.91 Å². The van der Waals surface area contributed by atoms with Crippen LogP contribution in [0.5, 0.6) is 0 Å². The molecular formula is C14H18BrN3O. The van der Waals surface area contributed by atoms with E-state index >= 15 is 0 Å². The molecule has 0 spiro atoms. The number of rotatable bonds is 5. The maximum Gasteiger partial charge on any atom is 0.257 e. The van der Waals surface area contributed by atoms with Crippen LogP contribution in [-0.4, -0.2) is 28.9 Å². The summed E-state index contributed by atoms with van der Waals surface area (Å²) in [7, 11) is 0. The van der Waals surface area contributed by atoms with Crippen molar-refractivity contribution in [1.82, 2.24) is 9.88 Å². The molecule has 1 aromatic heterocycles. The standard InChI is InChI=1S/C14H18BrN3O/c15-11-5-12(13(16)17-6-11)14(19)18(7-9-1-2-9)8-10-3-4-10/h5-6,9-10H,1-4,7-8H2,(H2,16,17). The monoisotopic (exact) mass is 323 g/mol. The van der Waals surface area contributed by atoms with Crippen molar-refractivity contribution in [2.75, 3.05) is 18.8 Å². The lowest BCUT2D eigenvalue weighted by Crippen LogP contribution is -2.35. The Hall–Kier alpha value is -1.10. The van der Waals surface area contributed by atoms with Crippen molar-refractivity contribution in [1.29, 1.82) is 0 Å². The van der Waals surface area contributed by atoms with Gasteiger partial charge in [-0.3, -0.25) is 4.79 Å². The molecule has 2 aliphatic rings. The molecule has 1 aromatic rings. The zero-order valence-electron chi connectivity index (χ0n) is 10.8. The van der Waals surface area contributed by atoms with E-state index in [4.69, 9.17) is 5.73 Å². The van der Waals surface area contributed by atoms with Crippen molar-refractivity contribution in [3.63, 3.8) is 0 Å². The van der Waals surface area contributed by atoms with Crippen molar-refractivity contribution in [3.8, 4) is 0 Å². The van der Waals surface area contributed by atoms with E-state index in [-0.39, 0.29) is 5.91 Å². The Labute approximate surface area is 121 Å². The van der Waals surface area contributed by atoms with Gasteiger partial charge < -0.3 is 10.6 Å². The summed E-state index contributed by atoms with van der Waals surface area (Å²) in [6, 6.07) is 1.78. The predicted octanol–water partition coefficient (Wildman–Crippen LogP) is 2.69. The first kappa shape index (κ1) is 12.9. The Balaban J connectivity index is 1.78. The molecule has 2 N–H and O–H groups in total. The Bertz CT molecular complexity index is 483.